The highest BCUT2D eigenvalue weighted by molar-refractivity contribution is 6.02. The molecular formula is C126H108N2O14. The summed E-state index contributed by atoms with van der Waals surface area (Å²) in [4.78, 5) is 10.6. The summed E-state index contributed by atoms with van der Waals surface area (Å²) in [5.41, 5.74) is 19.6. The highest BCUT2D eigenvalue weighted by atomic mass is 16.5. The number of pyridine rings is 2. The van der Waals surface area contributed by atoms with Crippen LogP contribution in [0.15, 0.2) is 437 Å². The van der Waals surface area contributed by atoms with Crippen LogP contribution in [0.5, 0.6) is 80.5 Å². The Morgan fingerprint density at radius 1 is 0.120 bits per heavy atom. The van der Waals surface area contributed by atoms with Gasteiger partial charge in [-0.25, -0.2) is 0 Å². The van der Waals surface area contributed by atoms with Crippen molar-refractivity contribution in [2.24, 2.45) is 0 Å². The van der Waals surface area contributed by atoms with Crippen LogP contribution < -0.4 is 66.3 Å². The molecule has 2 heterocycles. The Kier molecular flexibility index (Phi) is 31.8. The van der Waals surface area contributed by atoms with Gasteiger partial charge in [0.25, 0.3) is 0 Å². The predicted molar refractivity (Wildman–Crippen MR) is 556 cm³/mol. The van der Waals surface area contributed by atoms with Crippen LogP contribution in [0.25, 0.3) is 21.8 Å². The predicted octanol–water partition coefficient (Wildman–Crippen LogP) is 28.5. The van der Waals surface area contributed by atoms with Gasteiger partial charge in [-0.15, -0.1) is 0 Å². The molecule has 0 fully saturated rings. The van der Waals surface area contributed by atoms with E-state index in [-0.39, 0.29) is 39.6 Å². The summed E-state index contributed by atoms with van der Waals surface area (Å²) in [5, 5.41) is 2.08. The molecule has 0 amide bonds. The van der Waals surface area contributed by atoms with E-state index in [1.54, 1.807) is 0 Å². The maximum atomic E-state index is 6.73. The van der Waals surface area contributed by atoms with Gasteiger partial charge in [-0.2, -0.15) is 0 Å². The Bertz CT molecular complexity index is 6270. The molecule has 0 aliphatic carbocycles. The number of nitrogens with zero attached hydrogens (tertiary/aromatic N) is 2. The number of rotatable bonds is 48. The maximum Gasteiger partial charge on any atom is 0.123 e. The molecule has 16 nitrogen and oxygen atoms in total. The van der Waals surface area contributed by atoms with E-state index in [2.05, 4.69) is 60.7 Å². The van der Waals surface area contributed by atoms with Crippen LogP contribution in [0.4, 0.5) is 0 Å². The molecule has 19 aromatic rings. The third-order valence-electron chi connectivity index (χ3n) is 23.9. The Morgan fingerprint density at radius 3 is 0.451 bits per heavy atom. The summed E-state index contributed by atoms with van der Waals surface area (Å²) >= 11 is 0. The average molecular weight is 1870 g/mol. The lowest BCUT2D eigenvalue weighted by molar-refractivity contribution is 0.273. The molecule has 19 rings (SSSR count). The van der Waals surface area contributed by atoms with Crippen molar-refractivity contribution < 1.29 is 66.3 Å². The summed E-state index contributed by atoms with van der Waals surface area (Å²) < 4.78 is 91.3. The van der Waals surface area contributed by atoms with E-state index in [1.165, 1.54) is 0 Å². The second kappa shape index (κ2) is 48.2. The van der Waals surface area contributed by atoms with E-state index in [9.17, 15) is 0 Å². The topological polar surface area (TPSA) is 155 Å². The monoisotopic (exact) mass is 1870 g/mol. The maximum absolute atomic E-state index is 6.73. The SMILES string of the molecule is c1ccc(COc2cc(COc3cc(COc4ccc(CCc5ccc6ccc7ccc(CCc8ccc(OCc9cc(OCc%10cc(OCc%11ccccc%11)cc(OCc%11ccccc%11)c%10)cc(OCc%10cc(OCc%11ccccc%11)cc(OCc%11ccccc%11)c%10)c9)cc8)nc7c6n5)cc4)cc(OCc4cc(OCc5ccccc5)cc(OCc5ccccc5)c4)c3)cc(OCc3ccccc3)c2)cc1. The molecule has 0 saturated carbocycles. The standard InChI is InChI=1S/C126H108N2O14/c1-9-25-93(26-10-1)77-131-113-63-103(64-114(71-113)132-78-94-27-11-2-12-28-94)87-139-121-59-101(60-122(75-121)140-88-104-65-115(133-79-95-29-13-3-14-30-95)72-116(66-104)134-80-96-31-15-4-16-32-96)85-129-111-55-43-91(44-56-111)41-51-109-53-49-107-47-48-108-50-54-110(128-126(108)125(107)127-109)52-42-92-45-57-112(58-46-92)130-86-102-61-123(141-89-105-67-117(135-81-97-33-17-5-18-34-97)73-118(68-105)136-82-98-35-19-6-20-36-98)76-124(62-102)142-90-106-69-119(137-83-99-37-21-7-22-38-99)74-120(70-106)138-84-100-39-23-8-24-40-100/h1-40,43-50,53-76H,41-42,51-52,77-90H2. The summed E-state index contributed by atoms with van der Waals surface area (Å²) in [6.07, 6.45) is 2.99. The van der Waals surface area contributed by atoms with Gasteiger partial charge >= 0.3 is 0 Å². The molecule has 0 N–H and O–H groups in total. The van der Waals surface area contributed by atoms with Crippen molar-refractivity contribution >= 4 is 21.8 Å². The van der Waals surface area contributed by atoms with Crippen LogP contribution in [-0.2, 0) is 118 Å². The van der Waals surface area contributed by atoms with Gasteiger partial charge in [0.1, 0.15) is 173 Å². The van der Waals surface area contributed by atoms with Crippen molar-refractivity contribution in [3.63, 3.8) is 0 Å². The molecule has 2 aromatic heterocycles. The molecule has 0 unspecified atom stereocenters. The van der Waals surface area contributed by atoms with Crippen molar-refractivity contribution in [2.75, 3.05) is 0 Å². The first-order valence-corrected chi connectivity index (χ1v) is 48.0. The van der Waals surface area contributed by atoms with Gasteiger partial charge in [-0.05, 0) is 224 Å². The van der Waals surface area contributed by atoms with Gasteiger partial charge < -0.3 is 66.3 Å². The van der Waals surface area contributed by atoms with E-state index >= 15 is 0 Å². The van der Waals surface area contributed by atoms with Crippen molar-refractivity contribution in [1.29, 1.82) is 0 Å². The fourth-order valence-electron chi connectivity index (χ4n) is 16.4. The second-order valence-electron chi connectivity index (χ2n) is 34.9. The van der Waals surface area contributed by atoms with Crippen LogP contribution in [0.2, 0.25) is 0 Å². The van der Waals surface area contributed by atoms with Gasteiger partial charge in [0, 0.05) is 58.6 Å². The van der Waals surface area contributed by atoms with Crippen molar-refractivity contribution in [2.45, 2.75) is 118 Å². The summed E-state index contributed by atoms with van der Waals surface area (Å²) in [5.74, 6) is 9.11. The number of aromatic nitrogens is 2. The van der Waals surface area contributed by atoms with Gasteiger partial charge in [0.15, 0.2) is 0 Å². The van der Waals surface area contributed by atoms with Gasteiger partial charge in [-0.1, -0.05) is 291 Å². The molecule has 0 aliphatic rings. The van der Waals surface area contributed by atoms with E-state index in [1.807, 2.05) is 376 Å². The fourth-order valence-corrected chi connectivity index (χ4v) is 16.4. The van der Waals surface area contributed by atoms with Crippen LogP contribution in [0.1, 0.15) is 100 Å². The molecule has 0 saturated heterocycles. The third kappa shape index (κ3) is 28.3. The second-order valence-corrected chi connectivity index (χ2v) is 34.9. The third-order valence-corrected chi connectivity index (χ3v) is 23.9. The Labute approximate surface area is 828 Å². The Balaban J connectivity index is 0.508. The van der Waals surface area contributed by atoms with Gasteiger partial charge in [0.2, 0.25) is 0 Å². The number of benzene rings is 17. The highest BCUT2D eigenvalue weighted by Gasteiger charge is 2.18. The zero-order chi connectivity index (χ0) is 95.7. The quantitative estimate of drug-likeness (QED) is 0.0332. The minimum absolute atomic E-state index is 0.208. The molecule has 0 bridgehead atoms. The number of hydrogen-bond acceptors (Lipinski definition) is 16. The molecule has 17 aromatic carbocycles. The van der Waals surface area contributed by atoms with Crippen LogP contribution in [-0.4, -0.2) is 9.97 Å². The van der Waals surface area contributed by atoms with Gasteiger partial charge in [-0.3, -0.25) is 9.97 Å². The largest absolute Gasteiger partial charge is 0.489 e. The van der Waals surface area contributed by atoms with Crippen molar-refractivity contribution in [3.05, 3.63) is 537 Å². The normalized spacial score (nSPS) is 11.0. The first kappa shape index (κ1) is 93.8. The van der Waals surface area contributed by atoms with Crippen molar-refractivity contribution in [3.8, 4) is 80.5 Å². The van der Waals surface area contributed by atoms with E-state index in [0.717, 1.165) is 159 Å². The van der Waals surface area contributed by atoms with Crippen LogP contribution in [0, 0.1) is 0 Å². The van der Waals surface area contributed by atoms with Crippen LogP contribution >= 0.6 is 0 Å². The molecule has 0 spiro atoms. The summed E-state index contributed by atoms with van der Waals surface area (Å²) in [7, 11) is 0. The summed E-state index contributed by atoms with van der Waals surface area (Å²) in [6.45, 7) is 4.43. The van der Waals surface area contributed by atoms with E-state index in [0.29, 0.717) is 122 Å². The molecule has 16 heteroatoms. The zero-order valence-corrected chi connectivity index (χ0v) is 78.9. The minimum atomic E-state index is 0.208. The number of ether oxygens (including phenoxy) is 14. The lowest BCUT2D eigenvalue weighted by atomic mass is 10.0. The van der Waals surface area contributed by atoms with E-state index < -0.39 is 0 Å². The minimum Gasteiger partial charge on any atom is -0.489 e. The number of aryl methyl sites for hydroxylation is 4. The number of hydrogen-bond donors (Lipinski definition) is 0. The first-order valence-electron chi connectivity index (χ1n) is 48.0. The fraction of sp³-hybridized carbons (Fsp3) is 0.143. The number of fused-ring (bicyclic) bond motifs is 3. The lowest BCUT2D eigenvalue weighted by Gasteiger charge is -2.16. The first-order chi connectivity index (χ1) is 70.1. The Hall–Kier alpha value is -17.2. The average Bonchev–Trinajstić information content (AvgIpc) is 0.777. The van der Waals surface area contributed by atoms with Crippen molar-refractivity contribution in [1.82, 2.24) is 9.97 Å². The van der Waals surface area contributed by atoms with Crippen LogP contribution in [0.3, 0.4) is 0 Å². The van der Waals surface area contributed by atoms with E-state index in [4.69, 9.17) is 76.3 Å². The highest BCUT2D eigenvalue weighted by Crippen LogP contribution is 2.36. The van der Waals surface area contributed by atoms with Gasteiger partial charge in [0.05, 0.1) is 11.0 Å². The molecule has 0 atom stereocenters. The lowest BCUT2D eigenvalue weighted by Crippen LogP contribution is -2.04. The molecule has 706 valence electrons. The summed E-state index contributed by atoms with van der Waals surface area (Å²) in [6, 6.07) is 146. The molecular weight excluding hydrogens is 1770 g/mol. The zero-order valence-electron chi connectivity index (χ0n) is 78.9. The molecule has 0 aliphatic heterocycles. The molecule has 142 heavy (non-hydrogen) atoms. The molecule has 0 radical (unpaired) electrons. The Morgan fingerprint density at radius 2 is 0.275 bits per heavy atom. The smallest absolute Gasteiger partial charge is 0.123 e.